The highest BCUT2D eigenvalue weighted by Gasteiger charge is 2.54. The molecule has 3 nitrogen and oxygen atoms in total. The van der Waals surface area contributed by atoms with E-state index in [-0.39, 0.29) is 6.04 Å². The van der Waals surface area contributed by atoms with Crippen LogP contribution >= 0.6 is 28.1 Å². The second-order valence-electron chi connectivity index (χ2n) is 6.16. The summed E-state index contributed by atoms with van der Waals surface area (Å²) in [6, 6.07) is 6.73. The van der Waals surface area contributed by atoms with Crippen LogP contribution in [0.3, 0.4) is 0 Å². The van der Waals surface area contributed by atoms with E-state index < -0.39 is 5.72 Å². The third-order valence-corrected chi connectivity index (χ3v) is 5.93. The molecule has 1 aromatic carbocycles. The van der Waals surface area contributed by atoms with E-state index in [1.54, 1.807) is 0 Å². The molecule has 0 aliphatic carbocycles. The van der Waals surface area contributed by atoms with Crippen LogP contribution in [0.4, 0.5) is 0 Å². The van der Waals surface area contributed by atoms with Crippen molar-refractivity contribution in [2.75, 3.05) is 0 Å². The molecular formula is C16H21BrN2OS. The van der Waals surface area contributed by atoms with Gasteiger partial charge in [-0.25, -0.2) is 0 Å². The molecular weight excluding hydrogens is 348 g/mol. The third kappa shape index (κ3) is 2.08. The maximum absolute atomic E-state index is 6.49. The SMILES string of the molecule is CCC(C)N1C(=S)NC2c3cccc(Br)c3OC1(C)C2C. The predicted octanol–water partition coefficient (Wildman–Crippen LogP) is 4.22. The zero-order valence-electron chi connectivity index (χ0n) is 12.8. The van der Waals surface area contributed by atoms with E-state index in [4.69, 9.17) is 17.0 Å². The Kier molecular flexibility index (Phi) is 3.69. The summed E-state index contributed by atoms with van der Waals surface area (Å²) in [6.07, 6.45) is 1.03. The normalized spacial score (nSPS) is 32.0. The highest BCUT2D eigenvalue weighted by atomic mass is 79.9. The molecule has 1 fully saturated rings. The van der Waals surface area contributed by atoms with Crippen LogP contribution in [-0.2, 0) is 0 Å². The van der Waals surface area contributed by atoms with Gasteiger partial charge in [-0.1, -0.05) is 26.0 Å². The van der Waals surface area contributed by atoms with Gasteiger partial charge in [0.2, 0.25) is 0 Å². The monoisotopic (exact) mass is 368 g/mol. The van der Waals surface area contributed by atoms with Gasteiger partial charge in [0.1, 0.15) is 5.75 Å². The van der Waals surface area contributed by atoms with E-state index in [0.29, 0.717) is 12.0 Å². The average Bonchev–Trinajstić information content (AvgIpc) is 2.43. The standard InChI is InChI=1S/C16H21BrN2OS/c1-5-9(2)19-15(21)18-13-10(3)16(19,4)20-14-11(13)7-6-8-12(14)17/h6-10,13H,5H2,1-4H3,(H,18,21). The molecule has 1 N–H and O–H groups in total. The first-order valence-corrected chi connectivity index (χ1v) is 8.67. The second-order valence-corrected chi connectivity index (χ2v) is 7.40. The van der Waals surface area contributed by atoms with Crippen LogP contribution in [0.2, 0.25) is 0 Å². The first kappa shape index (κ1) is 15.1. The van der Waals surface area contributed by atoms with Crippen LogP contribution < -0.4 is 10.1 Å². The van der Waals surface area contributed by atoms with Crippen LogP contribution in [0.15, 0.2) is 22.7 Å². The molecule has 4 unspecified atom stereocenters. The molecule has 2 aliphatic rings. The third-order valence-electron chi connectivity index (χ3n) is 4.99. The summed E-state index contributed by atoms with van der Waals surface area (Å²) < 4.78 is 7.49. The fourth-order valence-electron chi connectivity index (χ4n) is 3.45. The van der Waals surface area contributed by atoms with Gasteiger partial charge in [-0.2, -0.15) is 0 Å². The number of halogens is 1. The van der Waals surface area contributed by atoms with Crippen molar-refractivity contribution in [3.63, 3.8) is 0 Å². The number of ether oxygens (including phenoxy) is 1. The van der Waals surface area contributed by atoms with Crippen molar-refractivity contribution in [1.82, 2.24) is 10.2 Å². The number of fused-ring (bicyclic) bond motifs is 4. The lowest BCUT2D eigenvalue weighted by atomic mass is 9.80. The van der Waals surface area contributed by atoms with E-state index in [1.807, 2.05) is 12.1 Å². The quantitative estimate of drug-likeness (QED) is 0.789. The summed E-state index contributed by atoms with van der Waals surface area (Å²) >= 11 is 9.25. The molecule has 0 amide bonds. The molecule has 3 rings (SSSR count). The fraction of sp³-hybridized carbons (Fsp3) is 0.562. The molecule has 2 bridgehead atoms. The smallest absolute Gasteiger partial charge is 0.187 e. The van der Waals surface area contributed by atoms with Crippen molar-refractivity contribution in [2.24, 2.45) is 5.92 Å². The van der Waals surface area contributed by atoms with Gasteiger partial charge in [0, 0.05) is 17.5 Å². The molecule has 4 atom stereocenters. The number of rotatable bonds is 2. The highest BCUT2D eigenvalue weighted by molar-refractivity contribution is 9.10. The van der Waals surface area contributed by atoms with Crippen molar-refractivity contribution in [2.45, 2.75) is 51.9 Å². The lowest BCUT2D eigenvalue weighted by Crippen LogP contribution is -2.70. The molecule has 1 aromatic rings. The van der Waals surface area contributed by atoms with E-state index in [0.717, 1.165) is 21.8 Å². The fourth-order valence-corrected chi connectivity index (χ4v) is 4.40. The largest absolute Gasteiger partial charge is 0.466 e. The van der Waals surface area contributed by atoms with Crippen molar-refractivity contribution in [3.05, 3.63) is 28.2 Å². The summed E-state index contributed by atoms with van der Waals surface area (Å²) in [7, 11) is 0. The maximum Gasteiger partial charge on any atom is 0.187 e. The Bertz CT molecular complexity index is 594. The maximum atomic E-state index is 6.49. The molecule has 5 heteroatoms. The number of hydrogen-bond acceptors (Lipinski definition) is 2. The van der Waals surface area contributed by atoms with Gasteiger partial charge in [-0.05, 0) is 54.5 Å². The number of nitrogens with zero attached hydrogens (tertiary/aromatic N) is 1. The molecule has 1 saturated heterocycles. The van der Waals surface area contributed by atoms with Gasteiger partial charge in [0.05, 0.1) is 10.5 Å². The molecule has 114 valence electrons. The van der Waals surface area contributed by atoms with Crippen molar-refractivity contribution in [3.8, 4) is 5.75 Å². The van der Waals surface area contributed by atoms with Gasteiger partial charge in [-0.15, -0.1) is 0 Å². The Morgan fingerprint density at radius 1 is 1.52 bits per heavy atom. The Balaban J connectivity index is 2.14. The zero-order chi connectivity index (χ0) is 15.4. The molecule has 0 saturated carbocycles. The van der Waals surface area contributed by atoms with Crippen molar-refractivity contribution >= 4 is 33.3 Å². The van der Waals surface area contributed by atoms with Gasteiger partial charge in [-0.3, -0.25) is 0 Å². The number of benzene rings is 1. The van der Waals surface area contributed by atoms with E-state index in [9.17, 15) is 0 Å². The lowest BCUT2D eigenvalue weighted by Gasteiger charge is -2.58. The Morgan fingerprint density at radius 3 is 2.90 bits per heavy atom. The summed E-state index contributed by atoms with van der Waals surface area (Å²) in [4.78, 5) is 2.23. The summed E-state index contributed by atoms with van der Waals surface area (Å²) in [6.45, 7) is 8.77. The Morgan fingerprint density at radius 2 is 2.24 bits per heavy atom. The molecule has 2 heterocycles. The van der Waals surface area contributed by atoms with Gasteiger partial charge >= 0.3 is 0 Å². The number of thiocarbonyl (C=S) groups is 1. The number of para-hydroxylation sites is 1. The number of nitrogens with one attached hydrogen (secondary N) is 1. The molecule has 0 radical (unpaired) electrons. The van der Waals surface area contributed by atoms with Crippen LogP contribution in [0.5, 0.6) is 5.75 Å². The Labute approximate surface area is 140 Å². The first-order chi connectivity index (χ1) is 9.90. The van der Waals surface area contributed by atoms with Gasteiger partial charge < -0.3 is 15.0 Å². The van der Waals surface area contributed by atoms with Crippen LogP contribution in [0, 0.1) is 5.92 Å². The topological polar surface area (TPSA) is 24.5 Å². The van der Waals surface area contributed by atoms with E-state index in [1.165, 1.54) is 5.56 Å². The van der Waals surface area contributed by atoms with Gasteiger partial charge in [0.15, 0.2) is 10.8 Å². The minimum Gasteiger partial charge on any atom is -0.466 e. The van der Waals surface area contributed by atoms with E-state index >= 15 is 0 Å². The summed E-state index contributed by atoms with van der Waals surface area (Å²) in [5.74, 6) is 1.24. The molecule has 0 aromatic heterocycles. The van der Waals surface area contributed by atoms with Crippen LogP contribution in [-0.4, -0.2) is 21.8 Å². The van der Waals surface area contributed by atoms with Gasteiger partial charge in [0.25, 0.3) is 0 Å². The first-order valence-electron chi connectivity index (χ1n) is 7.47. The molecule has 0 spiro atoms. The summed E-state index contributed by atoms with van der Waals surface area (Å²) in [5, 5.41) is 4.32. The second kappa shape index (κ2) is 5.13. The average molecular weight is 369 g/mol. The predicted molar refractivity (Wildman–Crippen MR) is 92.4 cm³/mol. The molecule has 21 heavy (non-hydrogen) atoms. The molecule has 2 aliphatic heterocycles. The zero-order valence-corrected chi connectivity index (χ0v) is 15.2. The van der Waals surface area contributed by atoms with Crippen LogP contribution in [0.25, 0.3) is 0 Å². The summed E-state index contributed by atoms with van der Waals surface area (Å²) in [5.41, 5.74) is 0.764. The highest BCUT2D eigenvalue weighted by Crippen LogP contribution is 2.50. The Hall–Kier alpha value is -0.810. The lowest BCUT2D eigenvalue weighted by molar-refractivity contribution is -0.124. The minimum absolute atomic E-state index is 0.198. The minimum atomic E-state index is -0.417. The number of hydrogen-bond donors (Lipinski definition) is 1. The van der Waals surface area contributed by atoms with Crippen molar-refractivity contribution < 1.29 is 4.74 Å². The van der Waals surface area contributed by atoms with Crippen molar-refractivity contribution in [1.29, 1.82) is 0 Å². The van der Waals surface area contributed by atoms with E-state index in [2.05, 4.69) is 59.9 Å². The van der Waals surface area contributed by atoms with Crippen LogP contribution in [0.1, 0.15) is 45.7 Å².